The van der Waals surface area contributed by atoms with Crippen molar-refractivity contribution in [1.82, 2.24) is 4.90 Å². The van der Waals surface area contributed by atoms with Gasteiger partial charge < -0.3 is 24.0 Å². The highest BCUT2D eigenvalue weighted by atomic mass is 35.9. The Balaban J connectivity index is 0.000000437. The minimum atomic E-state index is -1.66. The summed E-state index contributed by atoms with van der Waals surface area (Å²) in [6.07, 6.45) is 0. The fourth-order valence-corrected chi connectivity index (χ4v) is 9.33. The fourth-order valence-electron chi connectivity index (χ4n) is 8.58. The van der Waals surface area contributed by atoms with Gasteiger partial charge in [-0.25, -0.2) is 0 Å². The number of phenolic OH excluding ortho intramolecular Hbond substituents is 1. The Morgan fingerprint density at radius 1 is 0.375 bits per heavy atom. The van der Waals surface area contributed by atoms with E-state index in [0.29, 0.717) is 5.75 Å². The summed E-state index contributed by atoms with van der Waals surface area (Å²) >= 11 is 12.6. The maximum Gasteiger partial charge on any atom is 0.284 e. The summed E-state index contributed by atoms with van der Waals surface area (Å²) in [7, 11) is 3.49. The van der Waals surface area contributed by atoms with E-state index < -0.39 is 6.85 Å². The lowest BCUT2D eigenvalue weighted by molar-refractivity contribution is 0.321. The van der Waals surface area contributed by atoms with Gasteiger partial charge in [-0.2, -0.15) is 0 Å². The van der Waals surface area contributed by atoms with Gasteiger partial charge in [-0.3, -0.25) is 0 Å². The summed E-state index contributed by atoms with van der Waals surface area (Å²) in [5.41, 5.74) is 12.4. The molecule has 0 amide bonds. The second-order valence-electron chi connectivity index (χ2n) is 27.9. The molecule has 0 aliphatic rings. The van der Waals surface area contributed by atoms with Crippen LogP contribution in [0, 0.1) is 0 Å². The van der Waals surface area contributed by atoms with Crippen molar-refractivity contribution in [3.8, 4) is 45.3 Å². The number of phenols is 1. The number of methoxy groups -OCH3 is 2. The maximum atomic E-state index is 11.5. The third kappa shape index (κ3) is 17.0. The Labute approximate surface area is 453 Å². The molecule has 0 fully saturated rings. The quantitative estimate of drug-likeness (QED) is 0.169. The van der Waals surface area contributed by atoms with Crippen LogP contribution in [0.1, 0.15) is 231 Å². The first-order chi connectivity index (χ1) is 32.3. The molecule has 4 rings (SSSR count). The lowest BCUT2D eigenvalue weighted by Gasteiger charge is -2.32. The molecule has 0 saturated heterocycles. The predicted molar refractivity (Wildman–Crippen MR) is 321 cm³/mol. The molecule has 406 valence electrons. The number of rotatable bonds is 9. The van der Waals surface area contributed by atoms with E-state index in [1.165, 1.54) is 47.5 Å². The minimum Gasteiger partial charge on any atom is -0.507 e. The highest BCUT2D eigenvalue weighted by Crippen LogP contribution is 2.56. The molecule has 0 heterocycles. The van der Waals surface area contributed by atoms with Crippen LogP contribution in [0.15, 0.2) is 48.5 Å². The molecule has 0 atom stereocenters. The molecule has 0 aliphatic heterocycles. The van der Waals surface area contributed by atoms with Gasteiger partial charge in [-0.05, 0) is 132 Å². The summed E-state index contributed by atoms with van der Waals surface area (Å²) in [6, 6.07) is 17.8. The van der Waals surface area contributed by atoms with E-state index >= 15 is 0 Å². The Morgan fingerprint density at radius 3 is 0.833 bits per heavy atom. The highest BCUT2D eigenvalue weighted by Gasteiger charge is 2.34. The van der Waals surface area contributed by atoms with Crippen LogP contribution in [-0.4, -0.2) is 43.9 Å². The summed E-state index contributed by atoms with van der Waals surface area (Å²) < 4.78 is 18.4. The molecule has 0 spiro atoms. The zero-order chi connectivity index (χ0) is 56.3. The third-order valence-electron chi connectivity index (χ3n) is 13.6. The van der Waals surface area contributed by atoms with Gasteiger partial charge >= 0.3 is 0 Å². The number of hydrogen-bond acceptors (Lipinski definition) is 5. The maximum absolute atomic E-state index is 11.5. The van der Waals surface area contributed by atoms with Gasteiger partial charge in [0.05, 0.1) is 14.2 Å². The molecular weight excluding hydrogens is 949 g/mol. The van der Waals surface area contributed by atoms with Crippen LogP contribution in [0.25, 0.3) is 22.3 Å². The van der Waals surface area contributed by atoms with Crippen molar-refractivity contribution < 1.29 is 19.1 Å². The molecule has 0 aromatic heterocycles. The second kappa shape index (κ2) is 23.9. The molecule has 1 N–H and O–H groups in total. The van der Waals surface area contributed by atoms with Crippen LogP contribution >= 0.6 is 29.3 Å². The van der Waals surface area contributed by atoms with Gasteiger partial charge in [-0.1, -0.05) is 211 Å². The van der Waals surface area contributed by atoms with Crippen LogP contribution < -0.4 is 14.0 Å². The van der Waals surface area contributed by atoms with Crippen molar-refractivity contribution >= 4 is 29.3 Å². The lowest BCUT2D eigenvalue weighted by atomic mass is 9.75. The van der Waals surface area contributed by atoms with Gasteiger partial charge in [0.1, 0.15) is 23.0 Å². The van der Waals surface area contributed by atoms with E-state index in [2.05, 4.69) is 240 Å². The standard InChI is InChI=1S/C29H43Cl2O2P.C29H44O2.C6H15N/c1-26(2,3)18-14-20(24(32-13)22(16-18)28(7,8)9)21-15-19(27(4,5)6)17-23(29(10,11)12)25(21)33-34(30)31;1-26(2,3)18-14-20(24(30)22(16-18)28(7,8)9)21-15-19(27(4,5)6)17-23(25(21)31-13)29(10,11)12;1-4-7(5-2)6-3/h14-17H,1-13H3;14-17,30H,1-13H3;4-6H2,1-3H3. The molecule has 0 saturated carbocycles. The molecule has 5 nitrogen and oxygen atoms in total. The Hall–Kier alpha value is -2.95. The zero-order valence-electron chi connectivity index (χ0n) is 51.1. The van der Waals surface area contributed by atoms with Gasteiger partial charge in [0.25, 0.3) is 6.85 Å². The average Bonchev–Trinajstić information content (AvgIpc) is 3.20. The van der Waals surface area contributed by atoms with Crippen LogP contribution in [0.3, 0.4) is 0 Å². The molecule has 4 aromatic carbocycles. The number of hydrogen-bond donors (Lipinski definition) is 1. The first kappa shape index (κ1) is 65.2. The van der Waals surface area contributed by atoms with E-state index in [1.54, 1.807) is 14.2 Å². The number of halogens is 2. The van der Waals surface area contributed by atoms with Crippen LogP contribution in [0.2, 0.25) is 0 Å². The predicted octanol–water partition coefficient (Wildman–Crippen LogP) is 20.2. The monoisotopic (exact) mass is 1050 g/mol. The van der Waals surface area contributed by atoms with E-state index in [4.69, 9.17) is 36.5 Å². The third-order valence-corrected chi connectivity index (χ3v) is 14.3. The molecule has 0 aliphatic carbocycles. The van der Waals surface area contributed by atoms with Crippen molar-refractivity contribution in [1.29, 1.82) is 0 Å². The first-order valence-electron chi connectivity index (χ1n) is 26.4. The largest absolute Gasteiger partial charge is 0.507 e. The molecule has 0 bridgehead atoms. The lowest BCUT2D eigenvalue weighted by Crippen LogP contribution is -2.21. The fraction of sp³-hybridized carbons (Fsp3) is 0.625. The molecular formula is C64H102Cl2NO4P. The van der Waals surface area contributed by atoms with Gasteiger partial charge in [0.15, 0.2) is 0 Å². The minimum absolute atomic E-state index is 0.0227. The van der Waals surface area contributed by atoms with E-state index in [9.17, 15) is 5.11 Å². The highest BCUT2D eigenvalue weighted by molar-refractivity contribution is 8.00. The summed E-state index contributed by atoms with van der Waals surface area (Å²) in [5.74, 6) is 2.80. The zero-order valence-corrected chi connectivity index (χ0v) is 53.5. The number of nitrogens with zero attached hydrogens (tertiary/aromatic N) is 1. The van der Waals surface area contributed by atoms with Gasteiger partial charge in [-0.15, -0.1) is 0 Å². The van der Waals surface area contributed by atoms with Gasteiger partial charge in [0, 0.05) is 44.5 Å². The van der Waals surface area contributed by atoms with E-state index in [-0.39, 0.29) is 43.3 Å². The van der Waals surface area contributed by atoms with Crippen molar-refractivity contribution in [2.24, 2.45) is 0 Å². The molecule has 0 radical (unpaired) electrons. The van der Waals surface area contributed by atoms with Crippen molar-refractivity contribution in [3.05, 3.63) is 93.0 Å². The van der Waals surface area contributed by atoms with Crippen LogP contribution in [-0.2, 0) is 43.3 Å². The van der Waals surface area contributed by atoms with E-state index in [1.807, 2.05) is 0 Å². The van der Waals surface area contributed by atoms with Crippen molar-refractivity contribution in [3.63, 3.8) is 0 Å². The van der Waals surface area contributed by atoms with E-state index in [0.717, 1.165) is 56.2 Å². The molecule has 4 aromatic rings. The average molecular weight is 1050 g/mol. The van der Waals surface area contributed by atoms with Crippen molar-refractivity contribution in [2.75, 3.05) is 33.9 Å². The smallest absolute Gasteiger partial charge is 0.284 e. The van der Waals surface area contributed by atoms with Gasteiger partial charge in [0.2, 0.25) is 0 Å². The topological polar surface area (TPSA) is 51.2 Å². The first-order valence-corrected chi connectivity index (χ1v) is 29.4. The molecule has 8 heteroatoms. The Morgan fingerprint density at radius 2 is 0.611 bits per heavy atom. The number of ether oxygens (including phenoxy) is 2. The number of benzene rings is 4. The summed E-state index contributed by atoms with van der Waals surface area (Å²) in [5, 5.41) is 11.5. The van der Waals surface area contributed by atoms with Crippen LogP contribution in [0.4, 0.5) is 0 Å². The second-order valence-corrected chi connectivity index (χ2v) is 30.9. The van der Waals surface area contributed by atoms with Crippen LogP contribution in [0.5, 0.6) is 23.0 Å². The number of aromatic hydroxyl groups is 1. The SMILES string of the molecule is CCN(CC)CC.COc1c(-c2cc(C(C)(C)C)cc(C(C)(C)C)c2O)cc(C(C)(C)C)cc1C(C)(C)C.COc1c(-c2cc(C(C)(C)C)cc(C(C)(C)C)c2OP(Cl)Cl)cc(C(C)(C)C)cc1C(C)(C)C. The Bertz CT molecular complexity index is 2420. The van der Waals surface area contributed by atoms with Crippen molar-refractivity contribution in [2.45, 2.75) is 230 Å². The summed E-state index contributed by atoms with van der Waals surface area (Å²) in [6.45, 7) is 61.6. The normalized spacial score (nSPS) is 13.1. The molecule has 72 heavy (non-hydrogen) atoms. The summed E-state index contributed by atoms with van der Waals surface area (Å²) in [4.78, 5) is 2.38. The molecule has 0 unspecified atom stereocenters. The Kier molecular flexibility index (Phi) is 21.7.